The van der Waals surface area contributed by atoms with Gasteiger partial charge in [0.15, 0.2) is 0 Å². The summed E-state index contributed by atoms with van der Waals surface area (Å²) in [5.41, 5.74) is -0.145. The molecular formula is C11H13ClF3N. The van der Waals surface area contributed by atoms with E-state index in [1.807, 2.05) is 6.92 Å². The minimum absolute atomic E-state index is 0.127. The van der Waals surface area contributed by atoms with Crippen LogP contribution in [0.4, 0.5) is 13.2 Å². The number of hydrogen-bond donors (Lipinski definition) is 1. The number of alkyl halides is 3. The third-order valence-corrected chi connectivity index (χ3v) is 2.70. The molecule has 0 heterocycles. The van der Waals surface area contributed by atoms with E-state index in [2.05, 4.69) is 5.32 Å². The summed E-state index contributed by atoms with van der Waals surface area (Å²) in [7, 11) is 1.77. The van der Waals surface area contributed by atoms with E-state index in [1.54, 1.807) is 13.1 Å². The van der Waals surface area contributed by atoms with E-state index >= 15 is 0 Å². The highest BCUT2D eigenvalue weighted by Crippen LogP contribution is 2.35. The summed E-state index contributed by atoms with van der Waals surface area (Å²) in [4.78, 5) is 0. The number of nitrogens with one attached hydrogen (secondary N) is 1. The van der Waals surface area contributed by atoms with Crippen molar-refractivity contribution in [2.45, 2.75) is 25.6 Å². The number of benzene rings is 1. The molecule has 0 saturated carbocycles. The van der Waals surface area contributed by atoms with Crippen molar-refractivity contribution >= 4 is 11.6 Å². The maximum Gasteiger partial charge on any atom is 0.417 e. The first-order valence-electron chi connectivity index (χ1n) is 4.87. The summed E-state index contributed by atoms with van der Waals surface area (Å²) in [5, 5.41) is 2.72. The normalized spacial score (nSPS) is 13.9. The zero-order valence-electron chi connectivity index (χ0n) is 9.03. The van der Waals surface area contributed by atoms with Crippen molar-refractivity contribution in [2.75, 3.05) is 7.05 Å². The van der Waals surface area contributed by atoms with Gasteiger partial charge in [0.2, 0.25) is 0 Å². The van der Waals surface area contributed by atoms with Crippen LogP contribution in [-0.4, -0.2) is 13.1 Å². The van der Waals surface area contributed by atoms with Crippen molar-refractivity contribution < 1.29 is 13.2 Å². The van der Waals surface area contributed by atoms with E-state index in [9.17, 15) is 13.2 Å². The SMILES string of the molecule is CNC(C)Cc1ccc(Cl)c(C(F)(F)F)c1. The maximum atomic E-state index is 12.5. The molecule has 0 aliphatic heterocycles. The van der Waals surface area contributed by atoms with Crippen LogP contribution in [0.2, 0.25) is 5.02 Å². The van der Waals surface area contributed by atoms with Gasteiger partial charge >= 0.3 is 6.18 Å². The average molecular weight is 252 g/mol. The van der Waals surface area contributed by atoms with Gasteiger partial charge in [0, 0.05) is 6.04 Å². The van der Waals surface area contributed by atoms with Crippen LogP contribution >= 0.6 is 11.6 Å². The standard InChI is InChI=1S/C11H13ClF3N/c1-7(16-2)5-8-3-4-10(12)9(6-8)11(13,14)15/h3-4,6-7,16H,5H2,1-2H3. The van der Waals surface area contributed by atoms with Crippen molar-refractivity contribution in [3.05, 3.63) is 34.3 Å². The molecule has 0 radical (unpaired) electrons. The Kier molecular flexibility index (Phi) is 4.21. The summed E-state index contributed by atoms with van der Waals surface area (Å²) in [5.74, 6) is 0. The lowest BCUT2D eigenvalue weighted by Crippen LogP contribution is -2.23. The molecule has 1 unspecified atom stereocenters. The minimum Gasteiger partial charge on any atom is -0.317 e. The minimum atomic E-state index is -4.39. The molecule has 0 aliphatic carbocycles. The van der Waals surface area contributed by atoms with Gasteiger partial charge in [0.05, 0.1) is 10.6 Å². The van der Waals surface area contributed by atoms with Gasteiger partial charge in [-0.05, 0) is 38.1 Å². The number of halogens is 4. The molecule has 5 heteroatoms. The van der Waals surface area contributed by atoms with Gasteiger partial charge in [-0.3, -0.25) is 0 Å². The van der Waals surface area contributed by atoms with E-state index in [0.717, 1.165) is 6.07 Å². The molecule has 0 spiro atoms. The first-order chi connectivity index (χ1) is 7.34. The van der Waals surface area contributed by atoms with Crippen molar-refractivity contribution in [3.8, 4) is 0 Å². The first kappa shape index (κ1) is 13.3. The monoisotopic (exact) mass is 251 g/mol. The van der Waals surface area contributed by atoms with Gasteiger partial charge in [0.25, 0.3) is 0 Å². The first-order valence-corrected chi connectivity index (χ1v) is 5.25. The smallest absolute Gasteiger partial charge is 0.317 e. The molecule has 0 fully saturated rings. The molecule has 0 bridgehead atoms. The lowest BCUT2D eigenvalue weighted by Gasteiger charge is -2.13. The van der Waals surface area contributed by atoms with Gasteiger partial charge < -0.3 is 5.32 Å². The van der Waals surface area contributed by atoms with Crippen LogP contribution in [-0.2, 0) is 12.6 Å². The quantitative estimate of drug-likeness (QED) is 0.867. The van der Waals surface area contributed by atoms with Crippen LogP contribution in [0, 0.1) is 0 Å². The summed E-state index contributed by atoms with van der Waals surface area (Å²) >= 11 is 5.52. The van der Waals surface area contributed by atoms with Crippen molar-refractivity contribution in [3.63, 3.8) is 0 Å². The average Bonchev–Trinajstić information content (AvgIpc) is 2.19. The summed E-state index contributed by atoms with van der Waals surface area (Å²) in [6.45, 7) is 1.90. The molecule has 0 amide bonds. The van der Waals surface area contributed by atoms with Gasteiger partial charge in [-0.2, -0.15) is 13.2 Å². The fourth-order valence-corrected chi connectivity index (χ4v) is 1.60. The molecule has 1 N–H and O–H groups in total. The van der Waals surface area contributed by atoms with Crippen LogP contribution in [0.15, 0.2) is 18.2 Å². The second-order valence-corrected chi connectivity index (χ2v) is 4.11. The largest absolute Gasteiger partial charge is 0.417 e. The van der Waals surface area contributed by atoms with Gasteiger partial charge in [0.1, 0.15) is 0 Å². The second kappa shape index (κ2) is 5.06. The zero-order valence-corrected chi connectivity index (χ0v) is 9.78. The Hall–Kier alpha value is -0.740. The molecule has 1 aromatic rings. The third-order valence-electron chi connectivity index (χ3n) is 2.37. The molecule has 1 rings (SSSR count). The highest BCUT2D eigenvalue weighted by Gasteiger charge is 2.33. The summed E-state index contributed by atoms with van der Waals surface area (Å²) < 4.78 is 37.6. The van der Waals surface area contributed by atoms with E-state index in [4.69, 9.17) is 11.6 Å². The van der Waals surface area contributed by atoms with Crippen molar-refractivity contribution in [1.29, 1.82) is 0 Å². The summed E-state index contributed by atoms with van der Waals surface area (Å²) in [6, 6.07) is 4.14. The molecule has 0 aliphatic rings. The molecular weight excluding hydrogens is 239 g/mol. The molecule has 0 saturated heterocycles. The number of hydrogen-bond acceptors (Lipinski definition) is 1. The second-order valence-electron chi connectivity index (χ2n) is 3.71. The fourth-order valence-electron chi connectivity index (χ4n) is 1.37. The highest BCUT2D eigenvalue weighted by molar-refractivity contribution is 6.31. The lowest BCUT2D eigenvalue weighted by molar-refractivity contribution is -0.137. The van der Waals surface area contributed by atoms with Gasteiger partial charge in [-0.15, -0.1) is 0 Å². The van der Waals surface area contributed by atoms with Gasteiger partial charge in [-0.25, -0.2) is 0 Å². The number of likely N-dealkylation sites (N-methyl/N-ethyl adjacent to an activating group) is 1. The molecule has 0 aromatic heterocycles. The molecule has 16 heavy (non-hydrogen) atoms. The topological polar surface area (TPSA) is 12.0 Å². The zero-order chi connectivity index (χ0) is 12.3. The van der Waals surface area contributed by atoms with E-state index in [-0.39, 0.29) is 11.1 Å². The Balaban J connectivity index is 2.99. The van der Waals surface area contributed by atoms with Crippen LogP contribution in [0.3, 0.4) is 0 Å². The van der Waals surface area contributed by atoms with Crippen molar-refractivity contribution in [1.82, 2.24) is 5.32 Å². The predicted molar refractivity (Wildman–Crippen MR) is 58.7 cm³/mol. The summed E-state index contributed by atoms with van der Waals surface area (Å²) in [6.07, 6.45) is -3.85. The Morgan fingerprint density at radius 1 is 1.38 bits per heavy atom. The van der Waals surface area contributed by atoms with Crippen LogP contribution in [0.1, 0.15) is 18.1 Å². The fraction of sp³-hybridized carbons (Fsp3) is 0.455. The van der Waals surface area contributed by atoms with Gasteiger partial charge in [-0.1, -0.05) is 17.7 Å². The van der Waals surface area contributed by atoms with Crippen LogP contribution in [0.25, 0.3) is 0 Å². The third kappa shape index (κ3) is 3.39. The molecule has 1 atom stereocenters. The Labute approximate surface area is 97.6 Å². The Morgan fingerprint density at radius 3 is 2.50 bits per heavy atom. The van der Waals surface area contributed by atoms with Crippen LogP contribution < -0.4 is 5.32 Å². The van der Waals surface area contributed by atoms with Crippen LogP contribution in [0.5, 0.6) is 0 Å². The van der Waals surface area contributed by atoms with E-state index in [0.29, 0.717) is 12.0 Å². The Morgan fingerprint density at radius 2 is 2.00 bits per heavy atom. The van der Waals surface area contributed by atoms with E-state index in [1.165, 1.54) is 6.07 Å². The molecule has 1 nitrogen and oxygen atoms in total. The Bertz CT molecular complexity index is 363. The number of rotatable bonds is 3. The molecule has 90 valence electrons. The predicted octanol–water partition coefficient (Wildman–Crippen LogP) is 3.51. The van der Waals surface area contributed by atoms with E-state index < -0.39 is 11.7 Å². The molecule has 1 aromatic carbocycles. The lowest BCUT2D eigenvalue weighted by atomic mass is 10.0. The highest BCUT2D eigenvalue weighted by atomic mass is 35.5. The maximum absolute atomic E-state index is 12.5. The van der Waals surface area contributed by atoms with Crippen molar-refractivity contribution in [2.24, 2.45) is 0 Å².